The molecule has 0 bridgehead atoms. The molecule has 0 aliphatic carbocycles. The first-order valence-electron chi connectivity index (χ1n) is 9.15. The quantitative estimate of drug-likeness (QED) is 0.618. The van der Waals surface area contributed by atoms with Gasteiger partial charge >= 0.3 is 0 Å². The van der Waals surface area contributed by atoms with E-state index in [0.717, 1.165) is 42.4 Å². The van der Waals surface area contributed by atoms with Gasteiger partial charge in [-0.2, -0.15) is 0 Å². The van der Waals surface area contributed by atoms with Crippen LogP contribution < -0.4 is 4.90 Å². The van der Waals surface area contributed by atoms with Crippen LogP contribution in [0.3, 0.4) is 0 Å². The number of piperazine rings is 1. The molecule has 6 heteroatoms. The zero-order valence-corrected chi connectivity index (χ0v) is 17.3. The minimum absolute atomic E-state index is 0.214. The lowest BCUT2D eigenvalue weighted by Gasteiger charge is -2.34. The summed E-state index contributed by atoms with van der Waals surface area (Å²) in [6.07, 6.45) is 2.54. The summed E-state index contributed by atoms with van der Waals surface area (Å²) in [6.45, 7) is 5.32. The molecule has 0 N–H and O–H groups in total. The SMILES string of the molecule is CSc1ccc(CC(=O)N2CCN(c3nc4ccc(C)cc4s3)CC2)cc1. The van der Waals surface area contributed by atoms with Crippen LogP contribution in [0.1, 0.15) is 11.1 Å². The first-order chi connectivity index (χ1) is 13.1. The lowest BCUT2D eigenvalue weighted by Crippen LogP contribution is -2.49. The molecular weight excluding hydrogens is 374 g/mol. The molecule has 1 aliphatic rings. The molecule has 1 aromatic heterocycles. The smallest absolute Gasteiger partial charge is 0.227 e. The fourth-order valence-corrected chi connectivity index (χ4v) is 4.86. The standard InChI is InChI=1S/C21H23N3OS2/c1-15-3-8-18-19(13-15)27-21(22-18)24-11-9-23(10-12-24)20(25)14-16-4-6-17(26-2)7-5-16/h3-8,13H,9-12,14H2,1-2H3. The van der Waals surface area contributed by atoms with Gasteiger partial charge in [0.1, 0.15) is 0 Å². The molecule has 1 saturated heterocycles. The monoisotopic (exact) mass is 397 g/mol. The molecule has 4 nitrogen and oxygen atoms in total. The molecule has 2 heterocycles. The summed E-state index contributed by atoms with van der Waals surface area (Å²) in [5.41, 5.74) is 3.41. The molecule has 1 fully saturated rings. The minimum atomic E-state index is 0.214. The highest BCUT2D eigenvalue weighted by Crippen LogP contribution is 2.30. The second kappa shape index (κ2) is 7.90. The number of carbonyl (C=O) groups excluding carboxylic acids is 1. The van der Waals surface area contributed by atoms with Gasteiger partial charge in [-0.05, 0) is 48.6 Å². The van der Waals surface area contributed by atoms with Gasteiger partial charge in [-0.3, -0.25) is 4.79 Å². The highest BCUT2D eigenvalue weighted by atomic mass is 32.2. The number of aryl methyl sites for hydroxylation is 1. The number of hydrogen-bond acceptors (Lipinski definition) is 5. The van der Waals surface area contributed by atoms with Gasteiger partial charge in [0.25, 0.3) is 0 Å². The molecule has 27 heavy (non-hydrogen) atoms. The number of nitrogens with zero attached hydrogens (tertiary/aromatic N) is 3. The van der Waals surface area contributed by atoms with E-state index < -0.39 is 0 Å². The topological polar surface area (TPSA) is 36.4 Å². The second-order valence-electron chi connectivity index (χ2n) is 6.86. The van der Waals surface area contributed by atoms with Crippen LogP contribution in [-0.2, 0) is 11.2 Å². The van der Waals surface area contributed by atoms with Crippen LogP contribution in [-0.4, -0.2) is 48.2 Å². The fourth-order valence-electron chi connectivity index (χ4n) is 3.33. The Morgan fingerprint density at radius 2 is 1.85 bits per heavy atom. The van der Waals surface area contributed by atoms with Crippen molar-refractivity contribution in [2.75, 3.05) is 37.3 Å². The molecule has 3 aromatic rings. The largest absolute Gasteiger partial charge is 0.345 e. The van der Waals surface area contributed by atoms with Crippen LogP contribution in [0.25, 0.3) is 10.2 Å². The average Bonchev–Trinajstić information content (AvgIpc) is 3.12. The summed E-state index contributed by atoms with van der Waals surface area (Å²) in [4.78, 5) is 22.9. The zero-order chi connectivity index (χ0) is 18.8. The van der Waals surface area contributed by atoms with Crippen LogP contribution in [0.4, 0.5) is 5.13 Å². The van der Waals surface area contributed by atoms with Crippen LogP contribution in [0.15, 0.2) is 47.4 Å². The first-order valence-corrected chi connectivity index (χ1v) is 11.2. The number of amides is 1. The van der Waals surface area contributed by atoms with Gasteiger partial charge in [0.15, 0.2) is 5.13 Å². The summed E-state index contributed by atoms with van der Waals surface area (Å²) in [5.74, 6) is 0.214. The maximum absolute atomic E-state index is 12.6. The number of carbonyl (C=O) groups is 1. The maximum atomic E-state index is 12.6. The Labute approximate surface area is 168 Å². The predicted octanol–water partition coefficient (Wildman–Crippen LogP) is 4.22. The number of hydrogen-bond donors (Lipinski definition) is 0. The van der Waals surface area contributed by atoms with Crippen LogP contribution in [0, 0.1) is 6.92 Å². The third-order valence-electron chi connectivity index (χ3n) is 4.95. The fraction of sp³-hybridized carbons (Fsp3) is 0.333. The zero-order valence-electron chi connectivity index (χ0n) is 15.6. The van der Waals surface area contributed by atoms with Gasteiger partial charge in [-0.1, -0.05) is 29.5 Å². The minimum Gasteiger partial charge on any atom is -0.345 e. The number of anilines is 1. The van der Waals surface area contributed by atoms with Crippen LogP contribution >= 0.6 is 23.1 Å². The van der Waals surface area contributed by atoms with E-state index in [-0.39, 0.29) is 5.91 Å². The van der Waals surface area contributed by atoms with E-state index in [2.05, 4.69) is 60.5 Å². The molecule has 0 unspecified atom stereocenters. The van der Waals surface area contributed by atoms with E-state index in [4.69, 9.17) is 4.98 Å². The van der Waals surface area contributed by atoms with Gasteiger partial charge < -0.3 is 9.80 Å². The Hall–Kier alpha value is -2.05. The van der Waals surface area contributed by atoms with E-state index in [1.807, 2.05) is 4.90 Å². The van der Waals surface area contributed by atoms with Crippen molar-refractivity contribution in [2.45, 2.75) is 18.2 Å². The highest BCUT2D eigenvalue weighted by molar-refractivity contribution is 7.98. The van der Waals surface area contributed by atoms with E-state index in [1.165, 1.54) is 15.2 Å². The van der Waals surface area contributed by atoms with Gasteiger partial charge in [0.2, 0.25) is 5.91 Å². The molecule has 0 saturated carbocycles. The van der Waals surface area contributed by atoms with Crippen molar-refractivity contribution in [3.05, 3.63) is 53.6 Å². The van der Waals surface area contributed by atoms with Crippen molar-refractivity contribution in [3.63, 3.8) is 0 Å². The number of aromatic nitrogens is 1. The molecule has 2 aromatic carbocycles. The summed E-state index contributed by atoms with van der Waals surface area (Å²) in [6, 6.07) is 14.7. The van der Waals surface area contributed by atoms with Crippen molar-refractivity contribution in [1.82, 2.24) is 9.88 Å². The van der Waals surface area contributed by atoms with Crippen molar-refractivity contribution in [2.24, 2.45) is 0 Å². The van der Waals surface area contributed by atoms with Crippen molar-refractivity contribution in [3.8, 4) is 0 Å². The summed E-state index contributed by atoms with van der Waals surface area (Å²) in [7, 11) is 0. The highest BCUT2D eigenvalue weighted by Gasteiger charge is 2.23. The first kappa shape index (κ1) is 18.3. The number of thioether (sulfide) groups is 1. The number of benzene rings is 2. The summed E-state index contributed by atoms with van der Waals surface area (Å²) >= 11 is 3.46. The van der Waals surface area contributed by atoms with E-state index in [9.17, 15) is 4.79 Å². The second-order valence-corrected chi connectivity index (χ2v) is 8.75. The van der Waals surface area contributed by atoms with Crippen LogP contribution in [0.2, 0.25) is 0 Å². The summed E-state index contributed by atoms with van der Waals surface area (Å²) < 4.78 is 1.23. The van der Waals surface area contributed by atoms with E-state index >= 15 is 0 Å². The third kappa shape index (κ3) is 4.12. The Kier molecular flexibility index (Phi) is 5.36. The molecular formula is C21H23N3OS2. The van der Waals surface area contributed by atoms with Gasteiger partial charge in [0, 0.05) is 31.1 Å². The van der Waals surface area contributed by atoms with Gasteiger partial charge in [-0.15, -0.1) is 11.8 Å². The third-order valence-corrected chi connectivity index (χ3v) is 6.77. The molecule has 0 radical (unpaired) electrons. The number of fused-ring (bicyclic) bond motifs is 1. The van der Waals surface area contributed by atoms with Crippen LogP contribution in [0.5, 0.6) is 0 Å². The Morgan fingerprint density at radius 3 is 2.56 bits per heavy atom. The van der Waals surface area contributed by atoms with Crippen molar-refractivity contribution >= 4 is 44.4 Å². The van der Waals surface area contributed by atoms with Crippen molar-refractivity contribution < 1.29 is 4.79 Å². The Morgan fingerprint density at radius 1 is 1.11 bits per heavy atom. The Bertz CT molecular complexity index is 944. The molecule has 0 atom stereocenters. The van der Waals surface area contributed by atoms with Crippen molar-refractivity contribution in [1.29, 1.82) is 0 Å². The summed E-state index contributed by atoms with van der Waals surface area (Å²) in [5, 5.41) is 1.07. The Balaban J connectivity index is 1.36. The lowest BCUT2D eigenvalue weighted by molar-refractivity contribution is -0.130. The maximum Gasteiger partial charge on any atom is 0.227 e. The normalized spacial score (nSPS) is 14.7. The molecule has 1 aliphatic heterocycles. The lowest BCUT2D eigenvalue weighted by atomic mass is 10.1. The molecule has 1 amide bonds. The van der Waals surface area contributed by atoms with E-state index in [0.29, 0.717) is 6.42 Å². The van der Waals surface area contributed by atoms with E-state index in [1.54, 1.807) is 23.1 Å². The predicted molar refractivity (Wildman–Crippen MR) is 115 cm³/mol. The molecule has 4 rings (SSSR count). The molecule has 140 valence electrons. The van der Waals surface area contributed by atoms with Gasteiger partial charge in [0.05, 0.1) is 16.6 Å². The number of rotatable bonds is 4. The van der Waals surface area contributed by atoms with Gasteiger partial charge in [-0.25, -0.2) is 4.98 Å². The number of thiazole rings is 1. The average molecular weight is 398 g/mol. The molecule has 0 spiro atoms.